The first-order valence-electron chi connectivity index (χ1n) is 6.04. The number of hydrogen-bond donors (Lipinski definition) is 2. The van der Waals surface area contributed by atoms with Crippen LogP contribution in [0.5, 0.6) is 5.75 Å². The second-order valence-corrected chi connectivity index (χ2v) is 4.72. The molecule has 94 valence electrons. The number of carbonyl (C=O) groups excluding carboxylic acids is 1. The molecule has 0 unspecified atom stereocenters. The third kappa shape index (κ3) is 3.22. The normalized spacial score (nSPS) is 11.3. The Balaban J connectivity index is 2.86. The lowest BCUT2D eigenvalue weighted by Crippen LogP contribution is -2.44. The summed E-state index contributed by atoms with van der Waals surface area (Å²) in [6, 6.07) is 4.90. The van der Waals surface area contributed by atoms with E-state index in [2.05, 4.69) is 19.2 Å². The molecule has 3 nitrogen and oxygen atoms in total. The molecule has 0 bridgehead atoms. The minimum absolute atomic E-state index is 0.0840. The van der Waals surface area contributed by atoms with E-state index in [0.29, 0.717) is 11.1 Å². The van der Waals surface area contributed by atoms with Gasteiger partial charge in [-0.25, -0.2) is 0 Å². The van der Waals surface area contributed by atoms with Crippen molar-refractivity contribution in [3.8, 4) is 5.75 Å². The number of aryl methyl sites for hydroxylation is 1. The average Bonchev–Trinajstić information content (AvgIpc) is 2.32. The maximum absolute atomic E-state index is 12.0. The summed E-state index contributed by atoms with van der Waals surface area (Å²) < 4.78 is 0. The molecule has 17 heavy (non-hydrogen) atoms. The van der Waals surface area contributed by atoms with Gasteiger partial charge in [0.05, 0.1) is 0 Å². The van der Waals surface area contributed by atoms with Crippen molar-refractivity contribution < 1.29 is 9.90 Å². The van der Waals surface area contributed by atoms with Crippen LogP contribution in [-0.4, -0.2) is 16.6 Å². The number of rotatable bonds is 4. The molecule has 0 aliphatic carbocycles. The van der Waals surface area contributed by atoms with Crippen LogP contribution < -0.4 is 5.32 Å². The molecule has 0 aromatic heterocycles. The molecule has 0 spiro atoms. The predicted octanol–water partition coefficient (Wildman–Crippen LogP) is 3.01. The van der Waals surface area contributed by atoms with E-state index >= 15 is 0 Å². The van der Waals surface area contributed by atoms with Crippen LogP contribution in [-0.2, 0) is 0 Å². The fraction of sp³-hybridized carbons (Fsp3) is 0.500. The van der Waals surface area contributed by atoms with E-state index < -0.39 is 0 Å². The molecular formula is C14H21NO2. The molecule has 3 heteroatoms. The summed E-state index contributed by atoms with van der Waals surface area (Å²) >= 11 is 0. The maximum atomic E-state index is 12.0. The van der Waals surface area contributed by atoms with Crippen LogP contribution in [0.4, 0.5) is 0 Å². The van der Waals surface area contributed by atoms with Gasteiger partial charge in [0.1, 0.15) is 5.75 Å². The van der Waals surface area contributed by atoms with E-state index in [1.807, 2.05) is 6.92 Å². The molecule has 1 amide bonds. The second kappa shape index (κ2) is 5.21. The van der Waals surface area contributed by atoms with Crippen molar-refractivity contribution >= 4 is 5.91 Å². The molecule has 0 saturated carbocycles. The topological polar surface area (TPSA) is 49.3 Å². The Morgan fingerprint density at radius 2 is 1.94 bits per heavy atom. The zero-order valence-electron chi connectivity index (χ0n) is 11.0. The summed E-state index contributed by atoms with van der Waals surface area (Å²) in [5.74, 6) is 0.134. The van der Waals surface area contributed by atoms with Gasteiger partial charge in [0.15, 0.2) is 0 Å². The Kier molecular flexibility index (Phi) is 4.16. The largest absolute Gasteiger partial charge is 0.508 e. The summed E-state index contributed by atoms with van der Waals surface area (Å²) in [6.45, 7) is 7.95. The van der Waals surface area contributed by atoms with Gasteiger partial charge in [-0.2, -0.15) is 0 Å². The zero-order valence-corrected chi connectivity index (χ0v) is 11.0. The number of phenols is 1. The van der Waals surface area contributed by atoms with Crippen LogP contribution in [0.15, 0.2) is 18.2 Å². The lowest BCUT2D eigenvalue weighted by molar-refractivity contribution is 0.0901. The third-order valence-electron chi connectivity index (χ3n) is 3.43. The van der Waals surface area contributed by atoms with Gasteiger partial charge in [-0.05, 0) is 50.5 Å². The van der Waals surface area contributed by atoms with Gasteiger partial charge < -0.3 is 10.4 Å². The van der Waals surface area contributed by atoms with Crippen molar-refractivity contribution in [1.29, 1.82) is 0 Å². The van der Waals surface area contributed by atoms with Crippen molar-refractivity contribution in [3.63, 3.8) is 0 Å². The van der Waals surface area contributed by atoms with Crippen LogP contribution in [0.2, 0.25) is 0 Å². The standard InChI is InChI=1S/C14H21NO2/c1-5-14(4,6-2)15-13(17)11-7-8-12(16)10(3)9-11/h7-9,16H,5-6H2,1-4H3,(H,15,17). The van der Waals surface area contributed by atoms with Gasteiger partial charge in [-0.15, -0.1) is 0 Å². The molecule has 0 aliphatic rings. The van der Waals surface area contributed by atoms with E-state index in [-0.39, 0.29) is 17.2 Å². The Hall–Kier alpha value is -1.51. The average molecular weight is 235 g/mol. The highest BCUT2D eigenvalue weighted by Gasteiger charge is 2.22. The van der Waals surface area contributed by atoms with Crippen molar-refractivity contribution in [3.05, 3.63) is 29.3 Å². The number of carbonyl (C=O) groups is 1. The van der Waals surface area contributed by atoms with Gasteiger partial charge in [0.25, 0.3) is 5.91 Å². The van der Waals surface area contributed by atoms with Gasteiger partial charge in [0.2, 0.25) is 0 Å². The SMILES string of the molecule is CCC(C)(CC)NC(=O)c1ccc(O)c(C)c1. The number of amides is 1. The minimum atomic E-state index is -0.164. The number of aromatic hydroxyl groups is 1. The molecule has 1 rings (SSSR count). The first kappa shape index (κ1) is 13.6. The van der Waals surface area contributed by atoms with Crippen LogP contribution in [0, 0.1) is 6.92 Å². The lowest BCUT2D eigenvalue weighted by Gasteiger charge is -2.28. The van der Waals surface area contributed by atoms with Crippen molar-refractivity contribution in [2.24, 2.45) is 0 Å². The highest BCUT2D eigenvalue weighted by molar-refractivity contribution is 5.95. The van der Waals surface area contributed by atoms with Gasteiger partial charge in [-0.1, -0.05) is 13.8 Å². The third-order valence-corrected chi connectivity index (χ3v) is 3.43. The summed E-state index contributed by atoms with van der Waals surface area (Å²) in [5, 5.41) is 12.5. The molecule has 1 aromatic carbocycles. The van der Waals surface area contributed by atoms with E-state index in [1.54, 1.807) is 25.1 Å². The zero-order chi connectivity index (χ0) is 13.1. The first-order valence-corrected chi connectivity index (χ1v) is 6.04. The second-order valence-electron chi connectivity index (χ2n) is 4.72. The van der Waals surface area contributed by atoms with E-state index in [0.717, 1.165) is 12.8 Å². The molecule has 0 radical (unpaired) electrons. The fourth-order valence-corrected chi connectivity index (χ4v) is 1.57. The van der Waals surface area contributed by atoms with Gasteiger partial charge >= 0.3 is 0 Å². The smallest absolute Gasteiger partial charge is 0.251 e. The highest BCUT2D eigenvalue weighted by atomic mass is 16.3. The first-order chi connectivity index (χ1) is 7.91. The fourth-order valence-electron chi connectivity index (χ4n) is 1.57. The number of benzene rings is 1. The number of phenolic OH excluding ortho intramolecular Hbond substituents is 1. The Morgan fingerprint density at radius 1 is 1.35 bits per heavy atom. The van der Waals surface area contributed by atoms with Crippen LogP contribution >= 0.6 is 0 Å². The van der Waals surface area contributed by atoms with Crippen LogP contribution in [0.3, 0.4) is 0 Å². The van der Waals surface area contributed by atoms with Crippen LogP contribution in [0.1, 0.15) is 49.5 Å². The Labute approximate surface area is 103 Å². The predicted molar refractivity (Wildman–Crippen MR) is 69.3 cm³/mol. The van der Waals surface area contributed by atoms with E-state index in [4.69, 9.17) is 0 Å². The van der Waals surface area contributed by atoms with E-state index in [9.17, 15) is 9.90 Å². The summed E-state index contributed by atoms with van der Waals surface area (Å²) in [5.41, 5.74) is 1.14. The summed E-state index contributed by atoms with van der Waals surface area (Å²) in [7, 11) is 0. The number of nitrogens with one attached hydrogen (secondary N) is 1. The maximum Gasteiger partial charge on any atom is 0.251 e. The van der Waals surface area contributed by atoms with Crippen molar-refractivity contribution in [2.45, 2.75) is 46.1 Å². The molecule has 0 aliphatic heterocycles. The molecule has 0 fully saturated rings. The minimum Gasteiger partial charge on any atom is -0.508 e. The highest BCUT2D eigenvalue weighted by Crippen LogP contribution is 2.19. The monoisotopic (exact) mass is 235 g/mol. The summed E-state index contributed by atoms with van der Waals surface area (Å²) in [6.07, 6.45) is 1.79. The number of hydrogen-bond acceptors (Lipinski definition) is 2. The van der Waals surface area contributed by atoms with Crippen molar-refractivity contribution in [2.75, 3.05) is 0 Å². The van der Waals surface area contributed by atoms with Crippen molar-refractivity contribution in [1.82, 2.24) is 5.32 Å². The lowest BCUT2D eigenvalue weighted by atomic mass is 9.95. The molecule has 0 atom stereocenters. The molecule has 1 aromatic rings. The molecule has 0 heterocycles. The summed E-state index contributed by atoms with van der Waals surface area (Å²) in [4.78, 5) is 12.0. The Morgan fingerprint density at radius 3 is 2.41 bits per heavy atom. The van der Waals surface area contributed by atoms with Gasteiger partial charge in [0, 0.05) is 11.1 Å². The van der Waals surface area contributed by atoms with Crippen LogP contribution in [0.25, 0.3) is 0 Å². The van der Waals surface area contributed by atoms with Gasteiger partial charge in [-0.3, -0.25) is 4.79 Å². The molecular weight excluding hydrogens is 214 g/mol. The molecule has 0 saturated heterocycles. The Bertz CT molecular complexity index is 409. The molecule has 2 N–H and O–H groups in total. The van der Waals surface area contributed by atoms with E-state index in [1.165, 1.54) is 0 Å². The quantitative estimate of drug-likeness (QED) is 0.842.